The van der Waals surface area contributed by atoms with E-state index in [-0.39, 0.29) is 5.41 Å². The van der Waals surface area contributed by atoms with Crippen molar-refractivity contribution in [3.63, 3.8) is 0 Å². The third-order valence-corrected chi connectivity index (χ3v) is 3.37. The minimum Gasteiger partial charge on any atom is -0.370 e. The summed E-state index contributed by atoms with van der Waals surface area (Å²) in [7, 11) is 0. The molecule has 1 aliphatic rings. The number of carbonyl (C=O) groups is 1. The normalized spacial score (nSPS) is 15.6. The Kier molecular flexibility index (Phi) is 3.23. The van der Waals surface area contributed by atoms with Gasteiger partial charge in [0.15, 0.2) is 0 Å². The summed E-state index contributed by atoms with van der Waals surface area (Å²) in [5.74, 6) is 0. The molecule has 0 aliphatic carbocycles. The number of hydrogen-bond acceptors (Lipinski definition) is 2. The zero-order chi connectivity index (χ0) is 12.5. The molecule has 92 valence electrons. The van der Waals surface area contributed by atoms with Crippen LogP contribution in [0.2, 0.25) is 0 Å². The lowest BCUT2D eigenvalue weighted by Crippen LogP contribution is -2.38. The fourth-order valence-corrected chi connectivity index (χ4v) is 2.50. The van der Waals surface area contributed by atoms with Crippen molar-refractivity contribution in [2.24, 2.45) is 5.41 Å². The molecule has 17 heavy (non-hydrogen) atoms. The number of anilines is 1. The number of benzene rings is 1. The van der Waals surface area contributed by atoms with E-state index in [1.54, 1.807) is 0 Å². The number of hydrogen-bond donors (Lipinski definition) is 0. The fraction of sp³-hybridized carbons (Fsp3) is 0.533. The molecule has 0 fully saturated rings. The van der Waals surface area contributed by atoms with E-state index in [1.807, 2.05) is 13.8 Å². The highest BCUT2D eigenvalue weighted by Gasteiger charge is 2.24. The quantitative estimate of drug-likeness (QED) is 0.745. The minimum atomic E-state index is -0.264. The molecule has 0 bridgehead atoms. The van der Waals surface area contributed by atoms with Crippen molar-refractivity contribution in [3.05, 3.63) is 29.3 Å². The lowest BCUT2D eigenvalue weighted by Gasteiger charge is -2.35. The number of fused-ring (bicyclic) bond motifs is 1. The van der Waals surface area contributed by atoms with Gasteiger partial charge in [-0.05, 0) is 31.4 Å². The molecule has 1 heterocycles. The molecule has 0 spiro atoms. The first-order valence-corrected chi connectivity index (χ1v) is 6.33. The molecule has 0 atom stereocenters. The predicted molar refractivity (Wildman–Crippen MR) is 71.6 cm³/mol. The van der Waals surface area contributed by atoms with Crippen LogP contribution in [0.25, 0.3) is 0 Å². The van der Waals surface area contributed by atoms with Gasteiger partial charge >= 0.3 is 0 Å². The third kappa shape index (κ3) is 2.68. The molecule has 0 aromatic heterocycles. The second-order valence-corrected chi connectivity index (χ2v) is 5.76. The maximum atomic E-state index is 11.0. The average molecular weight is 231 g/mol. The molecule has 2 heteroatoms. The summed E-state index contributed by atoms with van der Waals surface area (Å²) in [6.45, 7) is 8.01. The van der Waals surface area contributed by atoms with Crippen LogP contribution in [-0.4, -0.2) is 19.4 Å². The van der Waals surface area contributed by atoms with Crippen molar-refractivity contribution >= 4 is 12.0 Å². The van der Waals surface area contributed by atoms with Gasteiger partial charge in [0.25, 0.3) is 0 Å². The Morgan fingerprint density at radius 1 is 1.41 bits per heavy atom. The van der Waals surface area contributed by atoms with Crippen LogP contribution in [0.3, 0.4) is 0 Å². The first-order chi connectivity index (χ1) is 8.02. The molecule has 0 amide bonds. The standard InChI is InChI=1S/C15H21NO/c1-12-6-7-14-13(9-12)5-4-8-16(14)10-15(2,3)11-17/h6-7,9,11H,4-5,8,10H2,1-3H3. The summed E-state index contributed by atoms with van der Waals surface area (Å²) in [4.78, 5) is 13.4. The van der Waals surface area contributed by atoms with E-state index in [4.69, 9.17) is 0 Å². The molecule has 0 radical (unpaired) electrons. The minimum absolute atomic E-state index is 0.264. The third-order valence-electron chi connectivity index (χ3n) is 3.37. The largest absolute Gasteiger partial charge is 0.370 e. The van der Waals surface area contributed by atoms with Crippen LogP contribution in [-0.2, 0) is 11.2 Å². The SMILES string of the molecule is Cc1ccc2c(c1)CCCN2CC(C)(C)C=O. The lowest BCUT2D eigenvalue weighted by atomic mass is 9.92. The number of carbonyl (C=O) groups excluding carboxylic acids is 1. The van der Waals surface area contributed by atoms with Gasteiger partial charge in [-0.25, -0.2) is 0 Å². The van der Waals surface area contributed by atoms with Gasteiger partial charge in [-0.3, -0.25) is 0 Å². The summed E-state index contributed by atoms with van der Waals surface area (Å²) in [5, 5.41) is 0. The molecular formula is C15H21NO. The Morgan fingerprint density at radius 2 is 2.18 bits per heavy atom. The van der Waals surface area contributed by atoms with Crippen LogP contribution in [0.1, 0.15) is 31.4 Å². The highest BCUT2D eigenvalue weighted by Crippen LogP contribution is 2.30. The molecule has 0 N–H and O–H groups in total. The van der Waals surface area contributed by atoms with Crippen LogP contribution in [0.4, 0.5) is 5.69 Å². The Bertz CT molecular complexity index is 423. The molecule has 1 aromatic carbocycles. The molecule has 0 saturated carbocycles. The number of aldehydes is 1. The maximum absolute atomic E-state index is 11.0. The topological polar surface area (TPSA) is 20.3 Å². The van der Waals surface area contributed by atoms with Gasteiger partial charge in [0.05, 0.1) is 0 Å². The van der Waals surface area contributed by atoms with Gasteiger partial charge in [-0.2, -0.15) is 0 Å². The predicted octanol–water partition coefficient (Wildman–Crippen LogP) is 2.97. The smallest absolute Gasteiger partial charge is 0.127 e. The van der Waals surface area contributed by atoms with Crippen molar-refractivity contribution in [2.45, 2.75) is 33.6 Å². The van der Waals surface area contributed by atoms with E-state index in [0.29, 0.717) is 0 Å². The van der Waals surface area contributed by atoms with Gasteiger partial charge in [0, 0.05) is 24.2 Å². The molecule has 1 aliphatic heterocycles. The van der Waals surface area contributed by atoms with E-state index >= 15 is 0 Å². The molecule has 0 saturated heterocycles. The first-order valence-electron chi connectivity index (χ1n) is 6.33. The van der Waals surface area contributed by atoms with Crippen LogP contribution in [0.15, 0.2) is 18.2 Å². The highest BCUT2D eigenvalue weighted by molar-refractivity contribution is 5.62. The van der Waals surface area contributed by atoms with Gasteiger partial charge in [0.2, 0.25) is 0 Å². The van der Waals surface area contributed by atoms with E-state index in [9.17, 15) is 4.79 Å². The molecule has 1 aromatic rings. The van der Waals surface area contributed by atoms with Crippen LogP contribution >= 0.6 is 0 Å². The van der Waals surface area contributed by atoms with Gasteiger partial charge in [0.1, 0.15) is 6.29 Å². The van der Waals surface area contributed by atoms with Crippen molar-refractivity contribution < 1.29 is 4.79 Å². The van der Waals surface area contributed by atoms with Crippen molar-refractivity contribution in [1.29, 1.82) is 0 Å². The summed E-state index contributed by atoms with van der Waals surface area (Å²) < 4.78 is 0. The fourth-order valence-electron chi connectivity index (χ4n) is 2.50. The average Bonchev–Trinajstić information content (AvgIpc) is 2.28. The second-order valence-electron chi connectivity index (χ2n) is 5.76. The van der Waals surface area contributed by atoms with E-state index in [0.717, 1.165) is 25.8 Å². The summed E-state index contributed by atoms with van der Waals surface area (Å²) in [5.41, 5.74) is 3.80. The van der Waals surface area contributed by atoms with E-state index < -0.39 is 0 Å². The Hall–Kier alpha value is -1.31. The Morgan fingerprint density at radius 3 is 2.88 bits per heavy atom. The number of aryl methyl sites for hydroxylation is 2. The Labute approximate surface area is 104 Å². The summed E-state index contributed by atoms with van der Waals surface area (Å²) in [6, 6.07) is 6.63. The van der Waals surface area contributed by atoms with Crippen LogP contribution in [0.5, 0.6) is 0 Å². The zero-order valence-electron chi connectivity index (χ0n) is 11.0. The van der Waals surface area contributed by atoms with Crippen molar-refractivity contribution in [2.75, 3.05) is 18.0 Å². The van der Waals surface area contributed by atoms with Crippen molar-refractivity contribution in [3.8, 4) is 0 Å². The number of rotatable bonds is 3. The van der Waals surface area contributed by atoms with Crippen LogP contribution in [0, 0.1) is 12.3 Å². The monoisotopic (exact) mass is 231 g/mol. The maximum Gasteiger partial charge on any atom is 0.127 e. The first kappa shape index (κ1) is 12.2. The van der Waals surface area contributed by atoms with Gasteiger partial charge in [-0.1, -0.05) is 31.5 Å². The molecular weight excluding hydrogens is 210 g/mol. The summed E-state index contributed by atoms with van der Waals surface area (Å²) >= 11 is 0. The highest BCUT2D eigenvalue weighted by atomic mass is 16.1. The molecule has 0 unspecified atom stereocenters. The lowest BCUT2D eigenvalue weighted by molar-refractivity contribution is -0.114. The van der Waals surface area contributed by atoms with E-state index in [2.05, 4.69) is 30.0 Å². The van der Waals surface area contributed by atoms with Gasteiger partial charge in [-0.15, -0.1) is 0 Å². The zero-order valence-corrected chi connectivity index (χ0v) is 11.0. The number of nitrogens with zero attached hydrogens (tertiary/aromatic N) is 1. The molecule has 2 rings (SSSR count). The summed E-state index contributed by atoms with van der Waals surface area (Å²) in [6.07, 6.45) is 3.41. The second kappa shape index (κ2) is 4.52. The Balaban J connectivity index is 2.26. The van der Waals surface area contributed by atoms with Crippen LogP contribution < -0.4 is 4.90 Å². The molecule has 2 nitrogen and oxygen atoms in total. The van der Waals surface area contributed by atoms with Crippen molar-refractivity contribution in [1.82, 2.24) is 0 Å². The van der Waals surface area contributed by atoms with E-state index in [1.165, 1.54) is 23.2 Å². The van der Waals surface area contributed by atoms with Gasteiger partial charge < -0.3 is 9.69 Å².